The number of unbranched alkanes of at least 4 members (excludes halogenated alkanes) is 2. The summed E-state index contributed by atoms with van der Waals surface area (Å²) in [6.45, 7) is 1.01. The lowest BCUT2D eigenvalue weighted by molar-refractivity contribution is 0.191. The van der Waals surface area contributed by atoms with Gasteiger partial charge >= 0.3 is 0 Å². The average molecular weight is 346 g/mol. The third kappa shape index (κ3) is 4.84. The van der Waals surface area contributed by atoms with Gasteiger partial charge in [0, 0.05) is 19.3 Å². The van der Waals surface area contributed by atoms with Crippen molar-refractivity contribution in [3.8, 4) is 0 Å². The molecule has 1 aromatic carbocycles. The molecule has 1 fully saturated rings. The first kappa shape index (κ1) is 18.9. The van der Waals surface area contributed by atoms with Crippen molar-refractivity contribution in [2.45, 2.75) is 75.7 Å². The molecule has 0 radical (unpaired) electrons. The molecule has 2 aliphatic carbocycles. The number of rotatable bonds is 8. The SMILES string of the molecule is COCCCCC[C@H]1CCc2cc([C@@H]3CC[C@](N)(CO)C3)ccc2C1. The van der Waals surface area contributed by atoms with E-state index < -0.39 is 0 Å². The van der Waals surface area contributed by atoms with E-state index in [0.717, 1.165) is 31.8 Å². The Morgan fingerprint density at radius 2 is 2.08 bits per heavy atom. The van der Waals surface area contributed by atoms with Gasteiger partial charge in [-0.2, -0.15) is 0 Å². The van der Waals surface area contributed by atoms with Crippen molar-refractivity contribution in [1.29, 1.82) is 0 Å². The molecule has 3 nitrogen and oxygen atoms in total. The summed E-state index contributed by atoms with van der Waals surface area (Å²) in [5.74, 6) is 1.39. The fraction of sp³-hybridized carbons (Fsp3) is 0.727. The summed E-state index contributed by atoms with van der Waals surface area (Å²) < 4.78 is 5.13. The molecule has 2 aliphatic rings. The highest BCUT2D eigenvalue weighted by Crippen LogP contribution is 2.40. The highest BCUT2D eigenvalue weighted by molar-refractivity contribution is 5.36. The smallest absolute Gasteiger partial charge is 0.0611 e. The molecule has 3 atom stereocenters. The first-order chi connectivity index (χ1) is 12.1. The Morgan fingerprint density at radius 1 is 1.20 bits per heavy atom. The van der Waals surface area contributed by atoms with E-state index in [9.17, 15) is 5.11 Å². The largest absolute Gasteiger partial charge is 0.394 e. The Kier molecular flexibility index (Phi) is 6.54. The second kappa shape index (κ2) is 8.66. The molecule has 0 amide bonds. The average Bonchev–Trinajstić information content (AvgIpc) is 3.04. The highest BCUT2D eigenvalue weighted by Gasteiger charge is 2.36. The lowest BCUT2D eigenvalue weighted by Crippen LogP contribution is -2.40. The number of hydrogen-bond donors (Lipinski definition) is 2. The molecular weight excluding hydrogens is 310 g/mol. The van der Waals surface area contributed by atoms with Crippen molar-refractivity contribution in [3.05, 3.63) is 34.9 Å². The van der Waals surface area contributed by atoms with Gasteiger partial charge in [-0.1, -0.05) is 37.5 Å². The van der Waals surface area contributed by atoms with Crippen molar-refractivity contribution < 1.29 is 9.84 Å². The summed E-state index contributed by atoms with van der Waals surface area (Å²) in [5, 5.41) is 9.50. The monoisotopic (exact) mass is 345 g/mol. The number of aliphatic hydroxyl groups is 1. The van der Waals surface area contributed by atoms with Gasteiger partial charge in [0.25, 0.3) is 0 Å². The van der Waals surface area contributed by atoms with Crippen LogP contribution < -0.4 is 5.73 Å². The zero-order chi connectivity index (χ0) is 17.7. The van der Waals surface area contributed by atoms with Crippen LogP contribution in [0, 0.1) is 5.92 Å². The van der Waals surface area contributed by atoms with Gasteiger partial charge in [-0.3, -0.25) is 0 Å². The lowest BCUT2D eigenvalue weighted by atomic mass is 9.79. The van der Waals surface area contributed by atoms with Gasteiger partial charge in [0.05, 0.1) is 6.61 Å². The van der Waals surface area contributed by atoms with E-state index in [1.807, 2.05) is 0 Å². The van der Waals surface area contributed by atoms with Crippen LogP contribution in [0.2, 0.25) is 0 Å². The number of benzene rings is 1. The summed E-state index contributed by atoms with van der Waals surface area (Å²) in [6.07, 6.45) is 12.0. The maximum absolute atomic E-state index is 9.50. The predicted molar refractivity (Wildman–Crippen MR) is 103 cm³/mol. The van der Waals surface area contributed by atoms with Crippen molar-refractivity contribution >= 4 is 0 Å². The Hall–Kier alpha value is -0.900. The van der Waals surface area contributed by atoms with Crippen molar-refractivity contribution in [3.63, 3.8) is 0 Å². The zero-order valence-electron chi connectivity index (χ0n) is 15.8. The van der Waals surface area contributed by atoms with Crippen LogP contribution in [0.25, 0.3) is 0 Å². The Morgan fingerprint density at radius 3 is 2.84 bits per heavy atom. The van der Waals surface area contributed by atoms with E-state index in [2.05, 4.69) is 18.2 Å². The number of aryl methyl sites for hydroxylation is 1. The summed E-state index contributed by atoms with van der Waals surface area (Å²) in [4.78, 5) is 0. The van der Waals surface area contributed by atoms with E-state index in [1.54, 1.807) is 18.2 Å². The van der Waals surface area contributed by atoms with Crippen LogP contribution in [-0.4, -0.2) is 31.0 Å². The van der Waals surface area contributed by atoms with Crippen LogP contribution in [0.15, 0.2) is 18.2 Å². The van der Waals surface area contributed by atoms with Gasteiger partial charge in [0.1, 0.15) is 0 Å². The molecule has 0 aliphatic heterocycles. The van der Waals surface area contributed by atoms with Crippen LogP contribution in [0.5, 0.6) is 0 Å². The minimum Gasteiger partial charge on any atom is -0.394 e. The van der Waals surface area contributed by atoms with Crippen LogP contribution >= 0.6 is 0 Å². The number of nitrogens with two attached hydrogens (primary N) is 1. The van der Waals surface area contributed by atoms with Gasteiger partial charge < -0.3 is 15.6 Å². The first-order valence-corrected chi connectivity index (χ1v) is 10.1. The van der Waals surface area contributed by atoms with Crippen molar-refractivity contribution in [2.75, 3.05) is 20.3 Å². The van der Waals surface area contributed by atoms with Crippen LogP contribution in [0.1, 0.15) is 74.0 Å². The normalized spacial score (nSPS) is 28.9. The lowest BCUT2D eigenvalue weighted by Gasteiger charge is -2.26. The molecule has 3 rings (SSSR count). The standard InChI is InChI=1S/C22H35NO2/c1-25-12-4-2-3-5-17-6-7-19-14-20(9-8-18(19)13-17)21-10-11-22(23,15-21)16-24/h8-9,14,17,21,24H,2-7,10-13,15-16,23H2,1H3/t17-,21+,22+/m0/s1. The molecule has 1 saturated carbocycles. The fourth-order valence-corrected chi connectivity index (χ4v) is 4.79. The van der Waals surface area contributed by atoms with Crippen LogP contribution in [0.4, 0.5) is 0 Å². The third-order valence-corrected chi connectivity index (χ3v) is 6.45. The second-order valence-electron chi connectivity index (χ2n) is 8.44. The number of methoxy groups -OCH3 is 1. The van der Waals surface area contributed by atoms with E-state index >= 15 is 0 Å². The molecule has 0 spiro atoms. The maximum atomic E-state index is 9.50. The first-order valence-electron chi connectivity index (χ1n) is 10.1. The molecule has 25 heavy (non-hydrogen) atoms. The summed E-state index contributed by atoms with van der Waals surface area (Å²) in [6, 6.07) is 7.14. The molecule has 0 saturated heterocycles. The van der Waals surface area contributed by atoms with E-state index in [4.69, 9.17) is 10.5 Å². The molecule has 3 N–H and O–H groups in total. The topological polar surface area (TPSA) is 55.5 Å². The van der Waals surface area contributed by atoms with Gasteiger partial charge in [-0.05, 0) is 73.5 Å². The van der Waals surface area contributed by atoms with Crippen molar-refractivity contribution in [2.24, 2.45) is 11.7 Å². The zero-order valence-corrected chi connectivity index (χ0v) is 15.8. The molecule has 140 valence electrons. The second-order valence-corrected chi connectivity index (χ2v) is 8.44. The summed E-state index contributed by atoms with van der Waals surface area (Å²) in [5.41, 5.74) is 10.5. The van der Waals surface area contributed by atoms with E-state index in [-0.39, 0.29) is 12.1 Å². The Labute approximate surface area is 153 Å². The van der Waals surface area contributed by atoms with Crippen LogP contribution in [0.3, 0.4) is 0 Å². The summed E-state index contributed by atoms with van der Waals surface area (Å²) in [7, 11) is 1.79. The van der Waals surface area contributed by atoms with Gasteiger partial charge in [0.15, 0.2) is 0 Å². The van der Waals surface area contributed by atoms with E-state index in [1.165, 1.54) is 50.5 Å². The molecule has 3 heteroatoms. The number of fused-ring (bicyclic) bond motifs is 1. The number of aliphatic hydroxyl groups excluding tert-OH is 1. The minimum atomic E-state index is -0.353. The number of ether oxygens (including phenoxy) is 1. The molecule has 0 aromatic heterocycles. The molecule has 0 unspecified atom stereocenters. The quantitative estimate of drug-likeness (QED) is 0.701. The third-order valence-electron chi connectivity index (χ3n) is 6.45. The molecule has 0 heterocycles. The predicted octanol–water partition coefficient (Wildman–Crippen LogP) is 3.96. The Bertz CT molecular complexity index is 559. The van der Waals surface area contributed by atoms with E-state index in [0.29, 0.717) is 5.92 Å². The maximum Gasteiger partial charge on any atom is 0.0611 e. The van der Waals surface area contributed by atoms with Gasteiger partial charge in [0.2, 0.25) is 0 Å². The molecule has 1 aromatic rings. The Balaban J connectivity index is 1.53. The van der Waals surface area contributed by atoms with Crippen LogP contribution in [-0.2, 0) is 17.6 Å². The molecule has 0 bridgehead atoms. The minimum absolute atomic E-state index is 0.112. The number of hydrogen-bond acceptors (Lipinski definition) is 3. The fourth-order valence-electron chi connectivity index (χ4n) is 4.79. The summed E-state index contributed by atoms with van der Waals surface area (Å²) >= 11 is 0. The highest BCUT2D eigenvalue weighted by atomic mass is 16.5. The molecular formula is C22H35NO2. The van der Waals surface area contributed by atoms with Gasteiger partial charge in [-0.25, -0.2) is 0 Å². The van der Waals surface area contributed by atoms with Crippen molar-refractivity contribution in [1.82, 2.24) is 0 Å². The van der Waals surface area contributed by atoms with Gasteiger partial charge in [-0.15, -0.1) is 0 Å².